The van der Waals surface area contributed by atoms with Gasteiger partial charge in [-0.1, -0.05) is 13.0 Å². The molecule has 1 aromatic carbocycles. The van der Waals surface area contributed by atoms with E-state index in [0.717, 1.165) is 28.0 Å². The van der Waals surface area contributed by atoms with Crippen molar-refractivity contribution in [3.8, 4) is 5.75 Å². The number of aryl methyl sites for hydroxylation is 1. The summed E-state index contributed by atoms with van der Waals surface area (Å²) < 4.78 is 7.95. The summed E-state index contributed by atoms with van der Waals surface area (Å²) >= 11 is 3.46. The van der Waals surface area contributed by atoms with Crippen LogP contribution in [-0.4, -0.2) is 22.8 Å². The highest BCUT2D eigenvalue weighted by atomic mass is 79.9. The Labute approximate surface area is 145 Å². The Morgan fingerprint density at radius 2 is 2.22 bits per heavy atom. The van der Waals surface area contributed by atoms with Gasteiger partial charge in [-0.2, -0.15) is 5.10 Å². The van der Waals surface area contributed by atoms with Crippen molar-refractivity contribution in [1.82, 2.24) is 9.78 Å². The number of aromatic nitrogens is 2. The minimum Gasteiger partial charge on any atom is -0.496 e. The van der Waals surface area contributed by atoms with Crippen LogP contribution in [0.15, 0.2) is 34.9 Å². The van der Waals surface area contributed by atoms with Crippen LogP contribution in [0, 0.1) is 0 Å². The lowest BCUT2D eigenvalue weighted by molar-refractivity contribution is -0.116. The highest BCUT2D eigenvalue weighted by molar-refractivity contribution is 9.10. The van der Waals surface area contributed by atoms with Gasteiger partial charge in [0.15, 0.2) is 0 Å². The number of benzene rings is 1. The third-order valence-corrected chi connectivity index (χ3v) is 4.42. The molecule has 0 fully saturated rings. The van der Waals surface area contributed by atoms with Crippen molar-refractivity contribution in [3.05, 3.63) is 40.5 Å². The third kappa shape index (κ3) is 4.58. The van der Waals surface area contributed by atoms with E-state index in [1.165, 1.54) is 0 Å². The zero-order valence-electron chi connectivity index (χ0n) is 13.7. The highest BCUT2D eigenvalue weighted by Gasteiger charge is 2.11. The predicted molar refractivity (Wildman–Crippen MR) is 94.9 cm³/mol. The number of methoxy groups -OCH3 is 1. The average molecular weight is 380 g/mol. The van der Waals surface area contributed by atoms with E-state index in [1.807, 2.05) is 28.9 Å². The third-order valence-electron chi connectivity index (χ3n) is 3.80. The number of nitrogens with one attached hydrogen (secondary N) is 1. The summed E-state index contributed by atoms with van der Waals surface area (Å²) in [5.41, 5.74) is 1.09. The van der Waals surface area contributed by atoms with Gasteiger partial charge >= 0.3 is 0 Å². The second kappa shape index (κ2) is 8.15. The second-order valence-electron chi connectivity index (χ2n) is 5.44. The van der Waals surface area contributed by atoms with Crippen molar-refractivity contribution in [2.75, 3.05) is 12.4 Å². The molecule has 6 heteroatoms. The molecule has 1 N–H and O–H groups in total. The summed E-state index contributed by atoms with van der Waals surface area (Å²) in [6.07, 6.45) is 3.77. The molecule has 0 saturated heterocycles. The lowest BCUT2D eigenvalue weighted by Gasteiger charge is -2.14. The molecule has 1 unspecified atom stereocenters. The van der Waals surface area contributed by atoms with E-state index in [2.05, 4.69) is 40.2 Å². The van der Waals surface area contributed by atoms with Crippen molar-refractivity contribution >= 4 is 27.7 Å². The van der Waals surface area contributed by atoms with Gasteiger partial charge in [0, 0.05) is 12.5 Å². The molecule has 124 valence electrons. The molecule has 1 atom stereocenters. The first-order valence-electron chi connectivity index (χ1n) is 7.71. The fourth-order valence-corrected chi connectivity index (χ4v) is 2.85. The number of carbonyl (C=O) groups excluding carboxylic acids is 1. The molecule has 1 amide bonds. The molecule has 0 saturated carbocycles. The van der Waals surface area contributed by atoms with E-state index in [1.54, 1.807) is 13.3 Å². The molecule has 0 aliphatic carbocycles. The van der Waals surface area contributed by atoms with Crippen LogP contribution in [0.1, 0.15) is 38.3 Å². The second-order valence-corrected chi connectivity index (χ2v) is 6.29. The van der Waals surface area contributed by atoms with Gasteiger partial charge in [-0.3, -0.25) is 4.79 Å². The standard InChI is InChI=1S/C17H22BrN3O2/c1-4-12(2)21-16(9-10-19-21)20-17(22)8-6-13-5-7-15(23-3)14(18)11-13/h5,7,9-12H,4,6,8H2,1-3H3,(H,20,22). The number of hydrogen-bond acceptors (Lipinski definition) is 3. The molecule has 1 heterocycles. The van der Waals surface area contributed by atoms with E-state index >= 15 is 0 Å². The zero-order chi connectivity index (χ0) is 16.8. The van der Waals surface area contributed by atoms with Crippen LogP contribution in [-0.2, 0) is 11.2 Å². The molecule has 0 spiro atoms. The molecule has 2 rings (SSSR count). The minimum atomic E-state index is -0.0120. The fourth-order valence-electron chi connectivity index (χ4n) is 2.27. The number of ether oxygens (including phenoxy) is 1. The Kier molecular flexibility index (Phi) is 6.21. The van der Waals surface area contributed by atoms with Gasteiger partial charge in [0.05, 0.1) is 23.8 Å². The van der Waals surface area contributed by atoms with Crippen LogP contribution in [0.5, 0.6) is 5.75 Å². The topological polar surface area (TPSA) is 56.2 Å². The highest BCUT2D eigenvalue weighted by Crippen LogP contribution is 2.26. The van der Waals surface area contributed by atoms with Gasteiger partial charge in [-0.25, -0.2) is 4.68 Å². The number of nitrogens with zero attached hydrogens (tertiary/aromatic N) is 2. The van der Waals surface area contributed by atoms with Crippen molar-refractivity contribution in [1.29, 1.82) is 0 Å². The minimum absolute atomic E-state index is 0.0120. The first-order chi connectivity index (χ1) is 11.0. The summed E-state index contributed by atoms with van der Waals surface area (Å²) in [4.78, 5) is 12.2. The van der Waals surface area contributed by atoms with E-state index in [-0.39, 0.29) is 11.9 Å². The van der Waals surface area contributed by atoms with Crippen LogP contribution in [0.25, 0.3) is 0 Å². The summed E-state index contributed by atoms with van der Waals surface area (Å²) in [5, 5.41) is 7.21. The summed E-state index contributed by atoms with van der Waals surface area (Å²) in [5.74, 6) is 1.53. The summed E-state index contributed by atoms with van der Waals surface area (Å²) in [6, 6.07) is 7.94. The normalized spacial score (nSPS) is 12.0. The SMILES string of the molecule is CCC(C)n1nccc1NC(=O)CCc1ccc(OC)c(Br)c1. The summed E-state index contributed by atoms with van der Waals surface area (Å²) in [6.45, 7) is 4.18. The van der Waals surface area contributed by atoms with Crippen LogP contribution in [0.4, 0.5) is 5.82 Å². The first kappa shape index (κ1) is 17.5. The van der Waals surface area contributed by atoms with Gasteiger partial charge < -0.3 is 10.1 Å². The zero-order valence-corrected chi connectivity index (χ0v) is 15.3. The Morgan fingerprint density at radius 1 is 1.43 bits per heavy atom. The summed E-state index contributed by atoms with van der Waals surface area (Å²) in [7, 11) is 1.63. The number of anilines is 1. The molecule has 23 heavy (non-hydrogen) atoms. The predicted octanol–water partition coefficient (Wildman–Crippen LogP) is 4.20. The molecule has 1 aromatic heterocycles. The van der Waals surface area contributed by atoms with E-state index in [4.69, 9.17) is 4.74 Å². The molecule has 0 radical (unpaired) electrons. The van der Waals surface area contributed by atoms with E-state index in [0.29, 0.717) is 12.8 Å². The Bertz CT molecular complexity index is 670. The van der Waals surface area contributed by atoms with E-state index < -0.39 is 0 Å². The molecular weight excluding hydrogens is 358 g/mol. The number of hydrogen-bond donors (Lipinski definition) is 1. The largest absolute Gasteiger partial charge is 0.496 e. The lowest BCUT2D eigenvalue weighted by atomic mass is 10.1. The Balaban J connectivity index is 1.93. The van der Waals surface area contributed by atoms with Crippen LogP contribution in [0.3, 0.4) is 0 Å². The lowest BCUT2D eigenvalue weighted by Crippen LogP contribution is -2.17. The molecule has 0 aliphatic rings. The monoisotopic (exact) mass is 379 g/mol. The van der Waals surface area contributed by atoms with Gasteiger partial charge in [0.1, 0.15) is 11.6 Å². The van der Waals surface area contributed by atoms with Gasteiger partial charge in [-0.15, -0.1) is 0 Å². The van der Waals surface area contributed by atoms with Crippen LogP contribution in [0.2, 0.25) is 0 Å². The maximum atomic E-state index is 12.2. The maximum absolute atomic E-state index is 12.2. The van der Waals surface area contributed by atoms with Crippen molar-refractivity contribution in [3.63, 3.8) is 0 Å². The van der Waals surface area contributed by atoms with Gasteiger partial charge in [0.2, 0.25) is 5.91 Å². The average Bonchev–Trinajstić information content (AvgIpc) is 3.00. The molecule has 5 nitrogen and oxygen atoms in total. The van der Waals surface area contributed by atoms with E-state index in [9.17, 15) is 4.79 Å². The van der Waals surface area contributed by atoms with Crippen LogP contribution >= 0.6 is 15.9 Å². The molecule has 0 aliphatic heterocycles. The Morgan fingerprint density at radius 3 is 2.87 bits per heavy atom. The number of halogens is 1. The number of carbonyl (C=O) groups is 1. The quantitative estimate of drug-likeness (QED) is 0.784. The molecule has 2 aromatic rings. The molecular formula is C17H22BrN3O2. The number of rotatable bonds is 7. The van der Waals surface area contributed by atoms with Gasteiger partial charge in [-0.05, 0) is 53.4 Å². The molecule has 0 bridgehead atoms. The maximum Gasteiger partial charge on any atom is 0.225 e. The van der Waals surface area contributed by atoms with Crippen molar-refractivity contribution in [2.24, 2.45) is 0 Å². The van der Waals surface area contributed by atoms with Gasteiger partial charge in [0.25, 0.3) is 0 Å². The van der Waals surface area contributed by atoms with Crippen molar-refractivity contribution in [2.45, 2.75) is 39.2 Å². The van der Waals surface area contributed by atoms with Crippen LogP contribution < -0.4 is 10.1 Å². The first-order valence-corrected chi connectivity index (χ1v) is 8.50. The van der Waals surface area contributed by atoms with Crippen molar-refractivity contribution < 1.29 is 9.53 Å². The fraction of sp³-hybridized carbons (Fsp3) is 0.412. The smallest absolute Gasteiger partial charge is 0.225 e. The Hall–Kier alpha value is -1.82. The number of amides is 1.